The summed E-state index contributed by atoms with van der Waals surface area (Å²) in [7, 11) is 1.67. The van der Waals surface area contributed by atoms with Gasteiger partial charge in [0.15, 0.2) is 10.8 Å². The minimum Gasteiger partial charge on any atom is -0.496 e. The van der Waals surface area contributed by atoms with Gasteiger partial charge >= 0.3 is 0 Å². The molecule has 7 heteroatoms. The summed E-state index contributed by atoms with van der Waals surface area (Å²) in [4.78, 5) is 9.15. The summed E-state index contributed by atoms with van der Waals surface area (Å²) in [6.45, 7) is 4.98. The highest BCUT2D eigenvalue weighted by Crippen LogP contribution is 2.25. The molecule has 0 amide bonds. The van der Waals surface area contributed by atoms with Crippen molar-refractivity contribution in [1.29, 1.82) is 0 Å². The minimum atomic E-state index is 0.608. The topological polar surface area (TPSA) is 64.9 Å². The first-order valence-electron chi connectivity index (χ1n) is 7.51. The summed E-state index contributed by atoms with van der Waals surface area (Å²) in [6.07, 6.45) is 5.54. The molecule has 0 spiro atoms. The van der Waals surface area contributed by atoms with E-state index in [1.165, 1.54) is 11.8 Å². The highest BCUT2D eigenvalue weighted by Gasteiger charge is 2.12. The molecule has 3 aromatic rings. The molecule has 1 N–H and O–H groups in total. The maximum absolute atomic E-state index is 5.40. The highest BCUT2D eigenvalue weighted by atomic mass is 32.2. The number of fused-ring (bicyclic) bond motifs is 1. The molecule has 0 unspecified atom stereocenters. The Labute approximate surface area is 145 Å². The van der Waals surface area contributed by atoms with E-state index < -0.39 is 0 Å². The van der Waals surface area contributed by atoms with Crippen LogP contribution in [0.5, 0.6) is 5.75 Å². The van der Waals surface area contributed by atoms with E-state index in [9.17, 15) is 0 Å². The molecule has 0 atom stereocenters. The smallest absolute Gasteiger partial charge is 0.191 e. The number of benzene rings is 1. The molecule has 2 aromatic heterocycles. The van der Waals surface area contributed by atoms with Gasteiger partial charge in [0.05, 0.1) is 25.2 Å². The zero-order chi connectivity index (χ0) is 16.9. The van der Waals surface area contributed by atoms with Gasteiger partial charge in [-0.2, -0.15) is 5.10 Å². The number of anilines is 1. The number of aromatic nitrogens is 4. The fourth-order valence-electron chi connectivity index (χ4n) is 2.45. The number of ether oxygens (including phenoxy) is 1. The van der Waals surface area contributed by atoms with E-state index in [1.54, 1.807) is 19.4 Å². The van der Waals surface area contributed by atoms with Gasteiger partial charge in [-0.3, -0.25) is 0 Å². The first-order chi connectivity index (χ1) is 11.8. The van der Waals surface area contributed by atoms with Crippen LogP contribution in [0.4, 0.5) is 5.82 Å². The van der Waals surface area contributed by atoms with Crippen LogP contribution >= 0.6 is 11.8 Å². The molecule has 0 fully saturated rings. The number of nitrogens with zero attached hydrogens (tertiary/aromatic N) is 4. The van der Waals surface area contributed by atoms with Crippen molar-refractivity contribution in [2.75, 3.05) is 18.7 Å². The molecular formula is C17H19N5OS. The third-order valence-corrected chi connectivity index (χ3v) is 4.15. The quantitative estimate of drug-likeness (QED) is 0.404. The average molecular weight is 341 g/mol. The molecule has 124 valence electrons. The Morgan fingerprint density at radius 1 is 1.33 bits per heavy atom. The molecule has 0 bridgehead atoms. The average Bonchev–Trinajstić information content (AvgIpc) is 3.03. The van der Waals surface area contributed by atoms with Gasteiger partial charge in [-0.1, -0.05) is 36.0 Å². The number of allylic oxidation sites excluding steroid dienone is 1. The Balaban J connectivity index is 1.95. The van der Waals surface area contributed by atoms with Crippen molar-refractivity contribution in [2.24, 2.45) is 0 Å². The lowest BCUT2D eigenvalue weighted by atomic mass is 10.2. The number of hydrogen-bond acceptors (Lipinski definition) is 6. The summed E-state index contributed by atoms with van der Waals surface area (Å²) < 4.78 is 7.22. The van der Waals surface area contributed by atoms with Crippen LogP contribution in [0.25, 0.3) is 11.0 Å². The lowest BCUT2D eigenvalue weighted by Crippen LogP contribution is -2.06. The molecule has 0 aliphatic rings. The maximum Gasteiger partial charge on any atom is 0.191 e. The molecule has 1 aromatic carbocycles. The van der Waals surface area contributed by atoms with Crippen LogP contribution < -0.4 is 10.1 Å². The van der Waals surface area contributed by atoms with Gasteiger partial charge in [-0.25, -0.2) is 14.6 Å². The predicted molar refractivity (Wildman–Crippen MR) is 97.6 cm³/mol. The van der Waals surface area contributed by atoms with Crippen molar-refractivity contribution >= 4 is 28.6 Å². The number of para-hydroxylation sites is 1. The van der Waals surface area contributed by atoms with Gasteiger partial charge in [0.2, 0.25) is 0 Å². The Kier molecular flexibility index (Phi) is 5.00. The van der Waals surface area contributed by atoms with Crippen LogP contribution in [-0.2, 0) is 13.1 Å². The fourth-order valence-corrected chi connectivity index (χ4v) is 2.81. The maximum atomic E-state index is 5.40. The second-order valence-corrected chi connectivity index (χ2v) is 5.85. The van der Waals surface area contributed by atoms with Gasteiger partial charge in [-0.05, 0) is 12.3 Å². The lowest BCUT2D eigenvalue weighted by molar-refractivity contribution is 0.410. The Morgan fingerprint density at radius 3 is 2.92 bits per heavy atom. The predicted octanol–water partition coefficient (Wildman–Crippen LogP) is 3.35. The number of nitrogens with one attached hydrogen (secondary N) is 1. The van der Waals surface area contributed by atoms with E-state index in [-0.39, 0.29) is 0 Å². The SMILES string of the molecule is C=CCn1ncc2c(NCc3ccccc3OC)nc(SC)nc21. The van der Waals surface area contributed by atoms with Crippen LogP contribution in [0.15, 0.2) is 48.3 Å². The Bertz CT molecular complexity index is 861. The molecule has 0 saturated heterocycles. The van der Waals surface area contributed by atoms with E-state index in [1.807, 2.05) is 35.2 Å². The molecule has 2 heterocycles. The van der Waals surface area contributed by atoms with Crippen molar-refractivity contribution < 1.29 is 4.74 Å². The molecule has 6 nitrogen and oxygen atoms in total. The number of hydrogen-bond donors (Lipinski definition) is 1. The Morgan fingerprint density at radius 2 is 2.17 bits per heavy atom. The van der Waals surface area contributed by atoms with Crippen molar-refractivity contribution in [3.63, 3.8) is 0 Å². The highest BCUT2D eigenvalue weighted by molar-refractivity contribution is 7.98. The third-order valence-electron chi connectivity index (χ3n) is 3.60. The summed E-state index contributed by atoms with van der Waals surface area (Å²) in [5, 5.41) is 9.36. The van der Waals surface area contributed by atoms with Crippen LogP contribution in [0, 0.1) is 0 Å². The molecule has 24 heavy (non-hydrogen) atoms. The van der Waals surface area contributed by atoms with Gasteiger partial charge in [-0.15, -0.1) is 6.58 Å². The zero-order valence-corrected chi connectivity index (χ0v) is 14.5. The summed E-state index contributed by atoms with van der Waals surface area (Å²) in [6, 6.07) is 7.92. The van der Waals surface area contributed by atoms with Crippen LogP contribution in [-0.4, -0.2) is 33.1 Å². The molecule has 0 radical (unpaired) electrons. The van der Waals surface area contributed by atoms with Gasteiger partial charge in [0.25, 0.3) is 0 Å². The number of methoxy groups -OCH3 is 1. The summed E-state index contributed by atoms with van der Waals surface area (Å²) in [5.74, 6) is 1.62. The first-order valence-corrected chi connectivity index (χ1v) is 8.73. The summed E-state index contributed by atoms with van der Waals surface area (Å²) >= 11 is 1.50. The molecule has 0 aliphatic heterocycles. The third kappa shape index (κ3) is 3.21. The Hall–Kier alpha value is -2.54. The van der Waals surface area contributed by atoms with E-state index in [2.05, 4.69) is 27.0 Å². The van der Waals surface area contributed by atoms with E-state index in [0.29, 0.717) is 18.2 Å². The monoisotopic (exact) mass is 341 g/mol. The van der Waals surface area contributed by atoms with Crippen LogP contribution in [0.3, 0.4) is 0 Å². The van der Waals surface area contributed by atoms with Crippen LogP contribution in [0.1, 0.15) is 5.56 Å². The van der Waals surface area contributed by atoms with Gasteiger partial charge in [0, 0.05) is 12.1 Å². The zero-order valence-electron chi connectivity index (χ0n) is 13.7. The second-order valence-electron chi connectivity index (χ2n) is 5.08. The number of rotatable bonds is 7. The molecular weight excluding hydrogens is 322 g/mol. The molecule has 0 saturated carbocycles. The van der Waals surface area contributed by atoms with E-state index >= 15 is 0 Å². The molecule has 3 rings (SSSR count). The number of thioether (sulfide) groups is 1. The summed E-state index contributed by atoms with van der Waals surface area (Å²) in [5.41, 5.74) is 1.87. The van der Waals surface area contributed by atoms with Crippen molar-refractivity contribution in [3.8, 4) is 5.75 Å². The van der Waals surface area contributed by atoms with Crippen molar-refractivity contribution in [3.05, 3.63) is 48.7 Å². The van der Waals surface area contributed by atoms with Crippen molar-refractivity contribution in [2.45, 2.75) is 18.2 Å². The van der Waals surface area contributed by atoms with E-state index in [0.717, 1.165) is 28.2 Å². The minimum absolute atomic E-state index is 0.608. The lowest BCUT2D eigenvalue weighted by Gasteiger charge is -2.11. The largest absolute Gasteiger partial charge is 0.496 e. The fraction of sp³-hybridized carbons (Fsp3) is 0.235. The van der Waals surface area contributed by atoms with Gasteiger partial charge in [0.1, 0.15) is 11.6 Å². The normalized spacial score (nSPS) is 10.8. The second kappa shape index (κ2) is 7.35. The standard InChI is InChI=1S/C17H19N5OS/c1-4-9-22-16-13(11-19-22)15(20-17(21-16)24-3)18-10-12-7-5-6-8-14(12)23-2/h4-8,11H,1,9-10H2,2-3H3,(H,18,20,21). The molecule has 0 aliphatic carbocycles. The van der Waals surface area contributed by atoms with Crippen LogP contribution in [0.2, 0.25) is 0 Å². The first kappa shape index (κ1) is 16.3. The van der Waals surface area contributed by atoms with Crippen molar-refractivity contribution in [1.82, 2.24) is 19.7 Å². The van der Waals surface area contributed by atoms with Gasteiger partial charge < -0.3 is 10.1 Å². The van der Waals surface area contributed by atoms with E-state index in [4.69, 9.17) is 4.74 Å².